The van der Waals surface area contributed by atoms with E-state index in [0.717, 1.165) is 17.4 Å². The summed E-state index contributed by atoms with van der Waals surface area (Å²) in [4.78, 5) is 13.1. The number of rotatable bonds is 2. The zero-order valence-electron chi connectivity index (χ0n) is 7.86. The fourth-order valence-electron chi connectivity index (χ4n) is 1.35. The maximum Gasteiger partial charge on any atom is 0.150 e. The summed E-state index contributed by atoms with van der Waals surface area (Å²) < 4.78 is 0. The van der Waals surface area contributed by atoms with Crippen LogP contribution >= 0.6 is 11.3 Å². The summed E-state index contributed by atoms with van der Waals surface area (Å²) in [6, 6.07) is 11.8. The van der Waals surface area contributed by atoms with Crippen LogP contribution in [0.5, 0.6) is 0 Å². The second-order valence-corrected chi connectivity index (χ2v) is 4.44. The molecule has 1 nitrogen and oxygen atoms in total. The Morgan fingerprint density at radius 2 is 2.07 bits per heavy atom. The first-order valence-electron chi connectivity index (χ1n) is 4.41. The fourth-order valence-corrected chi connectivity index (χ4v) is 2.22. The first kappa shape index (κ1) is 9.16. The maximum atomic E-state index is 10.6. The van der Waals surface area contributed by atoms with E-state index in [1.165, 1.54) is 9.75 Å². The minimum absolute atomic E-state index is 0.730. The average Bonchev–Trinajstić information content (AvgIpc) is 2.65. The van der Waals surface area contributed by atoms with Crippen molar-refractivity contribution in [1.29, 1.82) is 0 Å². The number of aryl methyl sites for hydroxylation is 1. The lowest BCUT2D eigenvalue weighted by molar-refractivity contribution is 0.112. The average molecular weight is 202 g/mol. The summed E-state index contributed by atoms with van der Waals surface area (Å²) >= 11 is 1.74. The highest BCUT2D eigenvalue weighted by Gasteiger charge is 2.00. The molecule has 0 spiro atoms. The molecule has 0 unspecified atom stereocenters. The molecule has 2 rings (SSSR count). The topological polar surface area (TPSA) is 17.1 Å². The normalized spacial score (nSPS) is 10.1. The first-order valence-corrected chi connectivity index (χ1v) is 5.23. The Kier molecular flexibility index (Phi) is 2.46. The van der Waals surface area contributed by atoms with Crippen molar-refractivity contribution in [3.05, 3.63) is 46.8 Å². The summed E-state index contributed by atoms with van der Waals surface area (Å²) in [5.41, 5.74) is 1.85. The Morgan fingerprint density at radius 3 is 2.71 bits per heavy atom. The molecule has 0 fully saturated rings. The minimum Gasteiger partial charge on any atom is -0.298 e. The lowest BCUT2D eigenvalue weighted by Gasteiger charge is -1.97. The van der Waals surface area contributed by atoms with Gasteiger partial charge in [0.1, 0.15) is 6.29 Å². The van der Waals surface area contributed by atoms with Crippen LogP contribution in [-0.2, 0) is 0 Å². The lowest BCUT2D eigenvalue weighted by atomic mass is 10.1. The number of carbonyl (C=O) groups excluding carboxylic acids is 1. The first-order chi connectivity index (χ1) is 6.79. The monoisotopic (exact) mass is 202 g/mol. The van der Waals surface area contributed by atoms with Gasteiger partial charge in [-0.1, -0.05) is 18.2 Å². The van der Waals surface area contributed by atoms with Crippen LogP contribution in [-0.4, -0.2) is 6.29 Å². The Hall–Kier alpha value is -1.41. The van der Waals surface area contributed by atoms with E-state index in [9.17, 15) is 4.79 Å². The third kappa shape index (κ3) is 1.75. The number of hydrogen-bond acceptors (Lipinski definition) is 2. The third-order valence-corrected chi connectivity index (χ3v) is 3.10. The van der Waals surface area contributed by atoms with Crippen LogP contribution in [0.25, 0.3) is 10.4 Å². The molecule has 70 valence electrons. The van der Waals surface area contributed by atoms with Crippen molar-refractivity contribution >= 4 is 17.6 Å². The number of thiophene rings is 1. The predicted octanol–water partition coefficient (Wildman–Crippen LogP) is 3.54. The number of benzene rings is 1. The number of aldehydes is 1. The van der Waals surface area contributed by atoms with Crippen LogP contribution in [0.1, 0.15) is 15.2 Å². The summed E-state index contributed by atoms with van der Waals surface area (Å²) in [5, 5.41) is 0. The third-order valence-electron chi connectivity index (χ3n) is 2.05. The second kappa shape index (κ2) is 3.76. The fraction of sp³-hybridized carbons (Fsp3) is 0.0833. The summed E-state index contributed by atoms with van der Waals surface area (Å²) in [6.07, 6.45) is 0.879. The highest BCUT2D eigenvalue weighted by molar-refractivity contribution is 7.15. The molecule has 0 atom stereocenters. The van der Waals surface area contributed by atoms with Gasteiger partial charge in [-0.05, 0) is 30.7 Å². The zero-order valence-corrected chi connectivity index (χ0v) is 8.67. The molecule has 1 aromatic carbocycles. The Labute approximate surface area is 87.0 Å². The van der Waals surface area contributed by atoms with Gasteiger partial charge in [0.05, 0.1) is 0 Å². The van der Waals surface area contributed by atoms with E-state index in [1.54, 1.807) is 11.3 Å². The second-order valence-electron chi connectivity index (χ2n) is 3.15. The van der Waals surface area contributed by atoms with Crippen LogP contribution in [0, 0.1) is 6.92 Å². The number of carbonyl (C=O) groups is 1. The van der Waals surface area contributed by atoms with E-state index in [0.29, 0.717) is 0 Å². The molecular formula is C12H10OS. The molecule has 0 N–H and O–H groups in total. The van der Waals surface area contributed by atoms with E-state index in [-0.39, 0.29) is 0 Å². The molecule has 0 aliphatic heterocycles. The molecule has 0 bridgehead atoms. The molecular weight excluding hydrogens is 192 g/mol. The molecule has 0 radical (unpaired) electrons. The molecule has 2 aromatic rings. The van der Waals surface area contributed by atoms with Gasteiger partial charge in [0.2, 0.25) is 0 Å². The summed E-state index contributed by atoms with van der Waals surface area (Å²) in [7, 11) is 0. The van der Waals surface area contributed by atoms with Crippen molar-refractivity contribution < 1.29 is 4.79 Å². The molecule has 1 aromatic heterocycles. The molecule has 0 aliphatic carbocycles. The maximum absolute atomic E-state index is 10.6. The largest absolute Gasteiger partial charge is 0.298 e. The molecule has 0 aliphatic rings. The molecule has 0 saturated carbocycles. The van der Waals surface area contributed by atoms with E-state index in [4.69, 9.17) is 0 Å². The van der Waals surface area contributed by atoms with E-state index in [1.807, 2.05) is 24.3 Å². The Morgan fingerprint density at radius 1 is 1.21 bits per heavy atom. The molecule has 0 saturated heterocycles. The van der Waals surface area contributed by atoms with Crippen LogP contribution in [0.2, 0.25) is 0 Å². The lowest BCUT2D eigenvalue weighted by Crippen LogP contribution is -1.79. The van der Waals surface area contributed by atoms with E-state index in [2.05, 4.69) is 19.1 Å². The predicted molar refractivity (Wildman–Crippen MR) is 59.9 cm³/mol. The SMILES string of the molecule is Cc1ccc(-c2cccc(C=O)c2)s1. The van der Waals surface area contributed by atoms with Gasteiger partial charge in [-0.3, -0.25) is 4.79 Å². The van der Waals surface area contributed by atoms with Crippen LogP contribution in [0.15, 0.2) is 36.4 Å². The Bertz CT molecular complexity index is 457. The van der Waals surface area contributed by atoms with Gasteiger partial charge < -0.3 is 0 Å². The standard InChI is InChI=1S/C12H10OS/c1-9-5-6-12(14-9)11-4-2-3-10(7-11)8-13/h2-8H,1H3. The zero-order chi connectivity index (χ0) is 9.97. The van der Waals surface area contributed by atoms with Crippen molar-refractivity contribution in [2.45, 2.75) is 6.92 Å². The summed E-state index contributed by atoms with van der Waals surface area (Å²) in [5.74, 6) is 0. The number of hydrogen-bond donors (Lipinski definition) is 0. The van der Waals surface area contributed by atoms with Gasteiger partial charge in [0.15, 0.2) is 0 Å². The van der Waals surface area contributed by atoms with Crippen LogP contribution < -0.4 is 0 Å². The van der Waals surface area contributed by atoms with Crippen LogP contribution in [0.3, 0.4) is 0 Å². The van der Waals surface area contributed by atoms with Gasteiger partial charge in [0, 0.05) is 15.3 Å². The highest BCUT2D eigenvalue weighted by atomic mass is 32.1. The van der Waals surface area contributed by atoms with Crippen LogP contribution in [0.4, 0.5) is 0 Å². The van der Waals surface area contributed by atoms with E-state index >= 15 is 0 Å². The van der Waals surface area contributed by atoms with Gasteiger partial charge in [-0.2, -0.15) is 0 Å². The van der Waals surface area contributed by atoms with Gasteiger partial charge in [0.25, 0.3) is 0 Å². The molecule has 14 heavy (non-hydrogen) atoms. The van der Waals surface area contributed by atoms with Crippen molar-refractivity contribution in [3.8, 4) is 10.4 Å². The van der Waals surface area contributed by atoms with Crippen molar-refractivity contribution in [1.82, 2.24) is 0 Å². The molecule has 2 heteroatoms. The smallest absolute Gasteiger partial charge is 0.150 e. The van der Waals surface area contributed by atoms with Crippen molar-refractivity contribution in [2.75, 3.05) is 0 Å². The van der Waals surface area contributed by atoms with E-state index < -0.39 is 0 Å². The van der Waals surface area contributed by atoms with Gasteiger partial charge in [-0.25, -0.2) is 0 Å². The molecule has 1 heterocycles. The highest BCUT2D eigenvalue weighted by Crippen LogP contribution is 2.27. The van der Waals surface area contributed by atoms with Gasteiger partial charge >= 0.3 is 0 Å². The molecule has 0 amide bonds. The van der Waals surface area contributed by atoms with Crippen molar-refractivity contribution in [3.63, 3.8) is 0 Å². The minimum atomic E-state index is 0.730. The van der Waals surface area contributed by atoms with Crippen molar-refractivity contribution in [2.24, 2.45) is 0 Å². The quantitative estimate of drug-likeness (QED) is 0.681. The Balaban J connectivity index is 2.46. The van der Waals surface area contributed by atoms with Gasteiger partial charge in [-0.15, -0.1) is 11.3 Å². The summed E-state index contributed by atoms with van der Waals surface area (Å²) in [6.45, 7) is 2.08.